The summed E-state index contributed by atoms with van der Waals surface area (Å²) in [6, 6.07) is 0. The fourth-order valence-corrected chi connectivity index (χ4v) is 15.2. The second kappa shape index (κ2) is 3.69. The van der Waals surface area contributed by atoms with Gasteiger partial charge < -0.3 is 3.66 Å². The number of rotatable bonds is 2. The van der Waals surface area contributed by atoms with Crippen molar-refractivity contribution in [3.8, 4) is 0 Å². The van der Waals surface area contributed by atoms with Crippen LogP contribution >= 0.6 is 19.0 Å². The predicted octanol–water partition coefficient (Wildman–Crippen LogP) is 3.95. The minimum atomic E-state index is -1.17. The molecule has 0 saturated heterocycles. The molecule has 0 aliphatic carbocycles. The molecule has 0 rings (SSSR count). The van der Waals surface area contributed by atoms with Gasteiger partial charge in [0, 0.05) is 11.2 Å². The molecule has 0 unspecified atom stereocenters. The Morgan fingerprint density at radius 2 is 1.18 bits per heavy atom. The molecule has 0 atom stereocenters. The third kappa shape index (κ3) is 3.84. The fraction of sp³-hybridized carbons (Fsp3) is 1.00. The summed E-state index contributed by atoms with van der Waals surface area (Å²) in [4.78, 5) is 0. The van der Waals surface area contributed by atoms with E-state index in [2.05, 4.69) is 42.9 Å². The van der Waals surface area contributed by atoms with Gasteiger partial charge in [-0.05, 0) is 39.3 Å². The summed E-state index contributed by atoms with van der Waals surface area (Å²) in [5.41, 5.74) is 0. The summed E-state index contributed by atoms with van der Waals surface area (Å²) in [5.74, 6) is 0. The molecule has 0 aromatic heterocycles. The Morgan fingerprint density at radius 1 is 0.909 bits per heavy atom. The number of halogens is 1. The largest absolute Gasteiger partial charge is 0.358 e. The van der Waals surface area contributed by atoms with E-state index in [9.17, 15) is 0 Å². The van der Waals surface area contributed by atoms with Crippen molar-refractivity contribution >= 4 is 35.4 Å². The summed E-state index contributed by atoms with van der Waals surface area (Å²) >= 11 is 5.90. The monoisotopic (exact) mass is 226 g/mol. The molecule has 0 N–H and O–H groups in total. The van der Waals surface area contributed by atoms with Gasteiger partial charge in [0.2, 0.25) is 0 Å². The second-order valence-electron chi connectivity index (χ2n) is 4.73. The summed E-state index contributed by atoms with van der Waals surface area (Å²) in [6.45, 7) is 14.1. The maximum atomic E-state index is 5.90. The molecular formula is C6H18ClNPSi2+. The van der Waals surface area contributed by atoms with Gasteiger partial charge in [-0.25, -0.2) is 0 Å². The summed E-state index contributed by atoms with van der Waals surface area (Å²) in [7, 11) is -1.40. The van der Waals surface area contributed by atoms with Crippen LogP contribution in [0.1, 0.15) is 0 Å². The first kappa shape index (κ1) is 11.8. The Morgan fingerprint density at radius 3 is 1.18 bits per heavy atom. The quantitative estimate of drug-likeness (QED) is 0.496. The zero-order valence-electron chi connectivity index (χ0n) is 8.27. The Balaban J connectivity index is 4.74. The molecule has 0 heterocycles. The van der Waals surface area contributed by atoms with Crippen molar-refractivity contribution in [1.29, 1.82) is 0 Å². The lowest BCUT2D eigenvalue weighted by Crippen LogP contribution is -2.49. The highest BCUT2D eigenvalue weighted by molar-refractivity contribution is 7.59. The van der Waals surface area contributed by atoms with Gasteiger partial charge >= 0.3 is 16.5 Å². The number of nitrogens with zero attached hydrogens (tertiary/aromatic N) is 1. The lowest BCUT2D eigenvalue weighted by atomic mass is 11.8. The molecule has 1 nitrogen and oxygen atoms in total. The summed E-state index contributed by atoms with van der Waals surface area (Å²) < 4.78 is 2.52. The van der Waals surface area contributed by atoms with Crippen molar-refractivity contribution in [2.45, 2.75) is 39.3 Å². The van der Waals surface area contributed by atoms with Crippen LogP contribution in [-0.2, 0) is 0 Å². The molecule has 11 heavy (non-hydrogen) atoms. The van der Waals surface area contributed by atoms with Crippen LogP contribution < -0.4 is 0 Å². The topological polar surface area (TPSA) is 3.01 Å². The standard InChI is InChI=1S/C6H18ClNPSi2/c1-10(2,3)8(9-7)11(4,5)6/h1-6H3/q+1. The van der Waals surface area contributed by atoms with Gasteiger partial charge in [-0.3, -0.25) is 0 Å². The van der Waals surface area contributed by atoms with Gasteiger partial charge in [-0.2, -0.15) is 0 Å². The normalized spacial score (nSPS) is 13.7. The SMILES string of the molecule is C[Si](C)(C)[N+](=PCl)[Si](C)(C)C. The van der Waals surface area contributed by atoms with Gasteiger partial charge in [0.1, 0.15) is 0 Å². The van der Waals surface area contributed by atoms with Crippen molar-refractivity contribution in [3.63, 3.8) is 0 Å². The van der Waals surface area contributed by atoms with Crippen molar-refractivity contribution in [1.82, 2.24) is 0 Å². The molecule has 0 aliphatic rings. The Labute approximate surface area is 78.6 Å². The highest BCUT2D eigenvalue weighted by Gasteiger charge is 2.40. The van der Waals surface area contributed by atoms with Gasteiger partial charge in [-0.1, -0.05) is 0 Å². The molecule has 66 valence electrons. The molecule has 0 aliphatic heterocycles. The van der Waals surface area contributed by atoms with Crippen LogP contribution in [-0.4, -0.2) is 20.1 Å². The number of hydrogen-bond donors (Lipinski definition) is 0. The third-order valence-electron chi connectivity index (χ3n) is 1.35. The molecule has 0 aromatic carbocycles. The highest BCUT2D eigenvalue weighted by atomic mass is 35.7. The van der Waals surface area contributed by atoms with E-state index in [4.69, 9.17) is 11.2 Å². The Bertz CT molecular complexity index is 152. The molecular weight excluding hydrogens is 209 g/mol. The predicted molar refractivity (Wildman–Crippen MR) is 59.7 cm³/mol. The number of hydrogen-bond acceptors (Lipinski definition) is 0. The van der Waals surface area contributed by atoms with E-state index in [1.807, 2.05) is 0 Å². The van der Waals surface area contributed by atoms with Crippen molar-refractivity contribution < 1.29 is 3.66 Å². The molecule has 0 spiro atoms. The average molecular weight is 227 g/mol. The molecule has 0 fully saturated rings. The first-order chi connectivity index (χ1) is 4.69. The molecule has 5 heteroatoms. The van der Waals surface area contributed by atoms with Gasteiger partial charge in [0.25, 0.3) is 7.73 Å². The van der Waals surface area contributed by atoms with E-state index >= 15 is 0 Å². The van der Waals surface area contributed by atoms with Crippen LogP contribution in [0.25, 0.3) is 0 Å². The third-order valence-corrected chi connectivity index (χ3v) is 13.5. The lowest BCUT2D eigenvalue weighted by Gasteiger charge is -2.24. The smallest absolute Gasteiger partial charge is 0.330 e. The van der Waals surface area contributed by atoms with E-state index in [0.717, 1.165) is 7.73 Å². The molecule has 0 amide bonds. The van der Waals surface area contributed by atoms with Crippen molar-refractivity contribution in [2.24, 2.45) is 0 Å². The van der Waals surface area contributed by atoms with Crippen LogP contribution in [0.5, 0.6) is 0 Å². The minimum Gasteiger partial charge on any atom is -0.358 e. The zero-order chi connectivity index (χ0) is 9.28. The first-order valence-corrected chi connectivity index (χ1v) is 12.5. The summed E-state index contributed by atoms with van der Waals surface area (Å²) in [6.07, 6.45) is 0. The second-order valence-corrected chi connectivity index (χ2v) is 16.5. The van der Waals surface area contributed by atoms with Crippen molar-refractivity contribution in [3.05, 3.63) is 0 Å². The van der Waals surface area contributed by atoms with E-state index in [0.29, 0.717) is 0 Å². The molecule has 0 bridgehead atoms. The molecule has 0 radical (unpaired) electrons. The van der Waals surface area contributed by atoms with Crippen LogP contribution in [0.15, 0.2) is 0 Å². The van der Waals surface area contributed by atoms with Gasteiger partial charge in [0.05, 0.1) is 0 Å². The van der Waals surface area contributed by atoms with E-state index in [1.54, 1.807) is 0 Å². The van der Waals surface area contributed by atoms with E-state index < -0.39 is 16.5 Å². The van der Waals surface area contributed by atoms with Crippen LogP contribution in [0.3, 0.4) is 0 Å². The summed E-state index contributed by atoms with van der Waals surface area (Å²) in [5, 5.41) is 0. The van der Waals surface area contributed by atoms with Crippen LogP contribution in [0.2, 0.25) is 39.3 Å². The first-order valence-electron chi connectivity index (χ1n) is 3.82. The Hall–Kier alpha value is 0.824. The zero-order valence-corrected chi connectivity index (χ0v) is 11.9. The maximum absolute atomic E-state index is 5.90. The van der Waals surface area contributed by atoms with Gasteiger partial charge in [0.15, 0.2) is 0 Å². The van der Waals surface area contributed by atoms with E-state index in [-0.39, 0.29) is 0 Å². The van der Waals surface area contributed by atoms with E-state index in [1.165, 1.54) is 0 Å². The highest BCUT2D eigenvalue weighted by Crippen LogP contribution is 2.22. The van der Waals surface area contributed by atoms with Crippen molar-refractivity contribution in [2.75, 3.05) is 0 Å². The minimum absolute atomic E-state index is 0.947. The van der Waals surface area contributed by atoms with Crippen LogP contribution in [0.4, 0.5) is 0 Å². The maximum Gasteiger partial charge on any atom is 0.330 e. The van der Waals surface area contributed by atoms with Crippen LogP contribution in [0, 0.1) is 0 Å². The lowest BCUT2D eigenvalue weighted by molar-refractivity contribution is -0.215. The molecule has 0 saturated carbocycles. The Kier molecular flexibility index (Phi) is 3.97. The molecule has 0 aromatic rings. The average Bonchev–Trinajstić information content (AvgIpc) is 1.56. The fourth-order valence-electron chi connectivity index (χ4n) is 1.23. The van der Waals surface area contributed by atoms with Gasteiger partial charge in [-0.15, -0.1) is 0 Å².